The topological polar surface area (TPSA) is 36.0 Å². The first-order valence-corrected chi connectivity index (χ1v) is 8.51. The first kappa shape index (κ1) is 16.7. The van der Waals surface area contributed by atoms with Gasteiger partial charge in [-0.3, -0.25) is 14.6 Å². The van der Waals surface area contributed by atoms with E-state index >= 15 is 0 Å². The molecule has 2 heterocycles. The molecule has 21 heavy (non-hydrogen) atoms. The van der Waals surface area contributed by atoms with Crippen molar-refractivity contribution in [3.8, 4) is 0 Å². The van der Waals surface area contributed by atoms with Gasteiger partial charge in [0.05, 0.1) is 13.2 Å². The van der Waals surface area contributed by atoms with Gasteiger partial charge in [0.1, 0.15) is 0 Å². The average Bonchev–Trinajstić information content (AvgIpc) is 2.87. The fourth-order valence-corrected chi connectivity index (χ4v) is 3.25. The molecule has 0 unspecified atom stereocenters. The minimum absolute atomic E-state index is 0.325. The molecule has 0 N–H and O–H groups in total. The van der Waals surface area contributed by atoms with Gasteiger partial charge in [0.15, 0.2) is 0 Å². The summed E-state index contributed by atoms with van der Waals surface area (Å²) in [7, 11) is 1.74. The summed E-state index contributed by atoms with van der Waals surface area (Å²) in [6, 6.07) is 0. The zero-order valence-electron chi connectivity index (χ0n) is 13.6. The second kappa shape index (κ2) is 9.38. The number of likely N-dealkylation sites (tertiary alicyclic amines) is 1. The molecule has 1 amide bonds. The van der Waals surface area contributed by atoms with Gasteiger partial charge in [0.25, 0.3) is 0 Å². The van der Waals surface area contributed by atoms with E-state index in [1.807, 2.05) is 0 Å². The van der Waals surface area contributed by atoms with E-state index in [4.69, 9.17) is 4.74 Å². The van der Waals surface area contributed by atoms with Crippen LogP contribution in [0.1, 0.15) is 32.1 Å². The molecule has 0 aromatic heterocycles. The quantitative estimate of drug-likeness (QED) is 0.760. The molecule has 0 spiro atoms. The minimum Gasteiger partial charge on any atom is -0.383 e. The van der Waals surface area contributed by atoms with Crippen molar-refractivity contribution in [1.29, 1.82) is 0 Å². The summed E-state index contributed by atoms with van der Waals surface area (Å²) < 4.78 is 5.14. The molecule has 5 nitrogen and oxygen atoms in total. The van der Waals surface area contributed by atoms with Gasteiger partial charge in [-0.2, -0.15) is 0 Å². The Hall–Kier alpha value is -0.650. The van der Waals surface area contributed by atoms with E-state index in [1.54, 1.807) is 7.11 Å². The molecule has 2 aliphatic heterocycles. The van der Waals surface area contributed by atoms with E-state index in [9.17, 15) is 4.79 Å². The number of hydrogen-bond donors (Lipinski definition) is 0. The van der Waals surface area contributed by atoms with Crippen molar-refractivity contribution in [2.75, 3.05) is 66.1 Å². The molecule has 122 valence electrons. The van der Waals surface area contributed by atoms with Gasteiger partial charge in [0.2, 0.25) is 5.91 Å². The summed E-state index contributed by atoms with van der Waals surface area (Å²) in [6.45, 7) is 8.42. The third kappa shape index (κ3) is 5.93. The smallest absolute Gasteiger partial charge is 0.236 e. The summed E-state index contributed by atoms with van der Waals surface area (Å²) >= 11 is 0. The lowest BCUT2D eigenvalue weighted by molar-refractivity contribution is -0.132. The predicted octanol–water partition coefficient (Wildman–Crippen LogP) is 1.04. The third-order valence-corrected chi connectivity index (χ3v) is 4.61. The highest BCUT2D eigenvalue weighted by Crippen LogP contribution is 2.10. The van der Waals surface area contributed by atoms with Gasteiger partial charge < -0.3 is 9.64 Å². The van der Waals surface area contributed by atoms with Crippen LogP contribution < -0.4 is 0 Å². The van der Waals surface area contributed by atoms with Crippen LogP contribution in [-0.4, -0.2) is 86.7 Å². The summed E-state index contributed by atoms with van der Waals surface area (Å²) in [4.78, 5) is 19.3. The zero-order valence-corrected chi connectivity index (χ0v) is 13.6. The Kier molecular flexibility index (Phi) is 7.47. The van der Waals surface area contributed by atoms with Crippen LogP contribution in [0, 0.1) is 0 Å². The summed E-state index contributed by atoms with van der Waals surface area (Å²) in [5.74, 6) is 0.325. The highest BCUT2D eigenvalue weighted by Gasteiger charge is 2.21. The van der Waals surface area contributed by atoms with Crippen LogP contribution in [0.4, 0.5) is 0 Å². The number of ether oxygens (including phenoxy) is 1. The molecule has 2 aliphatic rings. The maximum absolute atomic E-state index is 12.5. The number of rotatable bonds is 5. The molecule has 2 saturated heterocycles. The molecule has 0 aromatic rings. The molecule has 0 aromatic carbocycles. The van der Waals surface area contributed by atoms with Crippen molar-refractivity contribution in [1.82, 2.24) is 14.7 Å². The average molecular weight is 297 g/mol. The molecule has 0 aliphatic carbocycles. The Morgan fingerprint density at radius 2 is 1.57 bits per heavy atom. The van der Waals surface area contributed by atoms with E-state index < -0.39 is 0 Å². The molecule has 0 radical (unpaired) electrons. The van der Waals surface area contributed by atoms with Crippen molar-refractivity contribution in [2.24, 2.45) is 0 Å². The number of methoxy groups -OCH3 is 1. The Morgan fingerprint density at radius 3 is 2.29 bits per heavy atom. The minimum atomic E-state index is 0.325. The van der Waals surface area contributed by atoms with Gasteiger partial charge >= 0.3 is 0 Å². The van der Waals surface area contributed by atoms with Gasteiger partial charge in [-0.25, -0.2) is 0 Å². The molecular formula is C16H31N3O2. The lowest BCUT2D eigenvalue weighted by Gasteiger charge is -2.26. The Labute approximate surface area is 129 Å². The number of amides is 1. The second-order valence-electron chi connectivity index (χ2n) is 6.26. The summed E-state index contributed by atoms with van der Waals surface area (Å²) in [6.07, 6.45) is 6.22. The van der Waals surface area contributed by atoms with Crippen molar-refractivity contribution < 1.29 is 9.53 Å². The van der Waals surface area contributed by atoms with E-state index in [-0.39, 0.29) is 0 Å². The molecule has 0 saturated carbocycles. The van der Waals surface area contributed by atoms with Gasteiger partial charge in [-0.05, 0) is 38.9 Å². The summed E-state index contributed by atoms with van der Waals surface area (Å²) in [5, 5.41) is 0. The van der Waals surface area contributed by atoms with Gasteiger partial charge in [-0.1, -0.05) is 12.8 Å². The largest absolute Gasteiger partial charge is 0.383 e. The molecule has 5 heteroatoms. The SMILES string of the molecule is COCCN1CCCN(C(=O)CN2CCCCCC2)CC1. The maximum atomic E-state index is 12.5. The van der Waals surface area contributed by atoms with Crippen LogP contribution in [0.25, 0.3) is 0 Å². The first-order valence-electron chi connectivity index (χ1n) is 8.51. The number of nitrogens with zero attached hydrogens (tertiary/aromatic N) is 3. The first-order chi connectivity index (χ1) is 10.3. The molecule has 2 fully saturated rings. The molecular weight excluding hydrogens is 266 g/mol. The van der Waals surface area contributed by atoms with E-state index in [2.05, 4.69) is 14.7 Å². The van der Waals surface area contributed by atoms with Crippen LogP contribution in [0.5, 0.6) is 0 Å². The second-order valence-corrected chi connectivity index (χ2v) is 6.26. The predicted molar refractivity (Wildman–Crippen MR) is 84.4 cm³/mol. The summed E-state index contributed by atoms with van der Waals surface area (Å²) in [5.41, 5.74) is 0. The van der Waals surface area contributed by atoms with E-state index in [0.717, 1.165) is 58.8 Å². The fourth-order valence-electron chi connectivity index (χ4n) is 3.25. The fraction of sp³-hybridized carbons (Fsp3) is 0.938. The number of carbonyl (C=O) groups excluding carboxylic acids is 1. The van der Waals surface area contributed by atoms with E-state index in [1.165, 1.54) is 25.7 Å². The van der Waals surface area contributed by atoms with E-state index in [0.29, 0.717) is 12.5 Å². The number of carbonyl (C=O) groups is 1. The highest BCUT2D eigenvalue weighted by atomic mass is 16.5. The standard InChI is InChI=1S/C16H31N3O2/c1-21-14-13-17-9-6-10-19(12-11-17)16(20)15-18-7-4-2-3-5-8-18/h2-15H2,1H3. The van der Waals surface area contributed by atoms with Crippen LogP contribution in [-0.2, 0) is 9.53 Å². The van der Waals surface area contributed by atoms with Crippen LogP contribution >= 0.6 is 0 Å². The Balaban J connectivity index is 1.74. The van der Waals surface area contributed by atoms with Crippen LogP contribution in [0.2, 0.25) is 0 Å². The zero-order chi connectivity index (χ0) is 14.9. The maximum Gasteiger partial charge on any atom is 0.236 e. The monoisotopic (exact) mass is 297 g/mol. The third-order valence-electron chi connectivity index (χ3n) is 4.61. The van der Waals surface area contributed by atoms with Gasteiger partial charge in [-0.15, -0.1) is 0 Å². The van der Waals surface area contributed by atoms with Crippen molar-refractivity contribution in [2.45, 2.75) is 32.1 Å². The highest BCUT2D eigenvalue weighted by molar-refractivity contribution is 5.78. The Bertz CT molecular complexity index is 304. The van der Waals surface area contributed by atoms with Crippen molar-refractivity contribution >= 4 is 5.91 Å². The lowest BCUT2D eigenvalue weighted by atomic mass is 10.2. The van der Waals surface area contributed by atoms with Gasteiger partial charge in [0, 0.05) is 33.3 Å². The molecule has 0 atom stereocenters. The lowest BCUT2D eigenvalue weighted by Crippen LogP contribution is -2.42. The van der Waals surface area contributed by atoms with Crippen LogP contribution in [0.15, 0.2) is 0 Å². The molecule has 0 bridgehead atoms. The molecule has 2 rings (SSSR count). The Morgan fingerprint density at radius 1 is 0.857 bits per heavy atom. The van der Waals surface area contributed by atoms with Crippen LogP contribution in [0.3, 0.4) is 0 Å². The normalized spacial score (nSPS) is 22.8. The van der Waals surface area contributed by atoms with Crippen molar-refractivity contribution in [3.63, 3.8) is 0 Å². The number of hydrogen-bond acceptors (Lipinski definition) is 4. The van der Waals surface area contributed by atoms with Crippen molar-refractivity contribution in [3.05, 3.63) is 0 Å².